The van der Waals surface area contributed by atoms with Gasteiger partial charge in [0.2, 0.25) is 0 Å². The standard InChI is InChI=1S/C11H13Cl2N.ClH/c12-9-2-1-3-10(13)11(9)8-4-6-14-7-5-8;/h1-3,8,14H,4-7H2;1H. The van der Waals surface area contributed by atoms with Gasteiger partial charge in [0.05, 0.1) is 0 Å². The summed E-state index contributed by atoms with van der Waals surface area (Å²) in [6.07, 6.45) is 2.26. The minimum Gasteiger partial charge on any atom is -0.317 e. The van der Waals surface area contributed by atoms with E-state index in [1.165, 1.54) is 0 Å². The number of benzene rings is 1. The van der Waals surface area contributed by atoms with Gasteiger partial charge in [0, 0.05) is 10.0 Å². The highest BCUT2D eigenvalue weighted by atomic mass is 35.5. The Bertz CT molecular complexity index is 301. The molecule has 0 radical (unpaired) electrons. The van der Waals surface area contributed by atoms with Crippen molar-refractivity contribution in [2.45, 2.75) is 18.8 Å². The monoisotopic (exact) mass is 265 g/mol. The Labute approximate surface area is 107 Å². The van der Waals surface area contributed by atoms with Gasteiger partial charge in [-0.25, -0.2) is 0 Å². The van der Waals surface area contributed by atoms with Crippen LogP contribution in [0.3, 0.4) is 0 Å². The maximum Gasteiger partial charge on any atom is 0.0455 e. The first-order chi connectivity index (χ1) is 6.79. The van der Waals surface area contributed by atoms with E-state index < -0.39 is 0 Å². The molecule has 1 fully saturated rings. The van der Waals surface area contributed by atoms with Gasteiger partial charge in [-0.15, -0.1) is 12.4 Å². The molecule has 0 spiro atoms. The summed E-state index contributed by atoms with van der Waals surface area (Å²) in [7, 11) is 0. The van der Waals surface area contributed by atoms with Crippen molar-refractivity contribution in [2.75, 3.05) is 13.1 Å². The second-order valence-electron chi connectivity index (χ2n) is 3.66. The topological polar surface area (TPSA) is 12.0 Å². The van der Waals surface area contributed by atoms with Crippen LogP contribution >= 0.6 is 35.6 Å². The average Bonchev–Trinajstić information content (AvgIpc) is 2.19. The lowest BCUT2D eigenvalue weighted by atomic mass is 9.90. The lowest BCUT2D eigenvalue weighted by Crippen LogP contribution is -2.26. The fourth-order valence-electron chi connectivity index (χ4n) is 2.01. The highest BCUT2D eigenvalue weighted by Crippen LogP contribution is 2.35. The van der Waals surface area contributed by atoms with Crippen LogP contribution in [0.5, 0.6) is 0 Å². The molecule has 84 valence electrons. The zero-order valence-corrected chi connectivity index (χ0v) is 10.6. The first-order valence-corrected chi connectivity index (χ1v) is 5.69. The van der Waals surface area contributed by atoms with E-state index in [0.29, 0.717) is 5.92 Å². The molecule has 1 N–H and O–H groups in total. The van der Waals surface area contributed by atoms with Crippen LogP contribution in [0.2, 0.25) is 10.0 Å². The number of hydrogen-bond donors (Lipinski definition) is 1. The Kier molecular flexibility index (Phi) is 5.20. The fourth-order valence-corrected chi connectivity index (χ4v) is 2.72. The van der Waals surface area contributed by atoms with E-state index in [0.717, 1.165) is 41.5 Å². The van der Waals surface area contributed by atoms with Crippen molar-refractivity contribution < 1.29 is 0 Å². The van der Waals surface area contributed by atoms with Gasteiger partial charge in [-0.2, -0.15) is 0 Å². The summed E-state index contributed by atoms with van der Waals surface area (Å²) in [5, 5.41) is 4.96. The maximum atomic E-state index is 6.16. The largest absolute Gasteiger partial charge is 0.317 e. The number of nitrogens with one attached hydrogen (secondary N) is 1. The van der Waals surface area contributed by atoms with E-state index >= 15 is 0 Å². The van der Waals surface area contributed by atoms with Gasteiger partial charge in [0.1, 0.15) is 0 Å². The zero-order valence-electron chi connectivity index (χ0n) is 8.30. The van der Waals surface area contributed by atoms with Crippen LogP contribution in [0.15, 0.2) is 18.2 Å². The van der Waals surface area contributed by atoms with Gasteiger partial charge >= 0.3 is 0 Å². The normalized spacial score (nSPS) is 17.2. The molecule has 2 rings (SSSR count). The third-order valence-corrected chi connectivity index (χ3v) is 3.41. The second kappa shape index (κ2) is 5.95. The van der Waals surface area contributed by atoms with Crippen LogP contribution in [0, 0.1) is 0 Å². The van der Waals surface area contributed by atoms with E-state index in [2.05, 4.69) is 5.32 Å². The van der Waals surface area contributed by atoms with Crippen LogP contribution in [-0.2, 0) is 0 Å². The molecule has 1 aliphatic heterocycles. The molecule has 1 aliphatic rings. The molecule has 4 heteroatoms. The summed E-state index contributed by atoms with van der Waals surface area (Å²) in [5.74, 6) is 0.525. The second-order valence-corrected chi connectivity index (χ2v) is 4.47. The van der Waals surface area contributed by atoms with Crippen molar-refractivity contribution >= 4 is 35.6 Å². The number of halogens is 3. The summed E-state index contributed by atoms with van der Waals surface area (Å²) < 4.78 is 0. The Morgan fingerprint density at radius 3 is 2.13 bits per heavy atom. The maximum absolute atomic E-state index is 6.16. The van der Waals surface area contributed by atoms with Crippen molar-refractivity contribution in [2.24, 2.45) is 0 Å². The zero-order chi connectivity index (χ0) is 9.97. The third-order valence-electron chi connectivity index (χ3n) is 2.75. The van der Waals surface area contributed by atoms with Gasteiger partial charge < -0.3 is 5.32 Å². The van der Waals surface area contributed by atoms with Crippen LogP contribution < -0.4 is 5.32 Å². The molecule has 0 aliphatic carbocycles. The number of hydrogen-bond acceptors (Lipinski definition) is 1. The van der Waals surface area contributed by atoms with Crippen molar-refractivity contribution in [3.05, 3.63) is 33.8 Å². The highest BCUT2D eigenvalue weighted by molar-refractivity contribution is 6.36. The quantitative estimate of drug-likeness (QED) is 0.813. The van der Waals surface area contributed by atoms with Gasteiger partial charge in [0.15, 0.2) is 0 Å². The molecule has 0 amide bonds. The van der Waals surface area contributed by atoms with Gasteiger partial charge in [0.25, 0.3) is 0 Å². The van der Waals surface area contributed by atoms with E-state index in [1.807, 2.05) is 18.2 Å². The molecule has 1 saturated heterocycles. The Balaban J connectivity index is 0.00000112. The molecule has 0 atom stereocenters. The Morgan fingerprint density at radius 2 is 1.60 bits per heavy atom. The minimum absolute atomic E-state index is 0. The van der Waals surface area contributed by atoms with E-state index in [-0.39, 0.29) is 12.4 Å². The average molecular weight is 267 g/mol. The molecular formula is C11H14Cl3N. The van der Waals surface area contributed by atoms with Crippen LogP contribution in [0.25, 0.3) is 0 Å². The Morgan fingerprint density at radius 1 is 1.07 bits per heavy atom. The van der Waals surface area contributed by atoms with Crippen molar-refractivity contribution in [1.29, 1.82) is 0 Å². The highest BCUT2D eigenvalue weighted by Gasteiger charge is 2.19. The van der Waals surface area contributed by atoms with Gasteiger partial charge in [-0.05, 0) is 49.5 Å². The smallest absolute Gasteiger partial charge is 0.0455 e. The molecule has 1 aromatic rings. The summed E-state index contributed by atoms with van der Waals surface area (Å²) in [5.41, 5.74) is 1.14. The minimum atomic E-state index is 0. The SMILES string of the molecule is Cl.Clc1cccc(Cl)c1C1CCNCC1. The lowest BCUT2D eigenvalue weighted by Gasteiger charge is -2.24. The molecular weight excluding hydrogens is 252 g/mol. The fraction of sp³-hybridized carbons (Fsp3) is 0.455. The molecule has 0 unspecified atom stereocenters. The summed E-state index contributed by atoms with van der Waals surface area (Å²) in [6.45, 7) is 2.12. The van der Waals surface area contributed by atoms with Crippen molar-refractivity contribution in [1.82, 2.24) is 5.32 Å². The molecule has 1 aromatic carbocycles. The van der Waals surface area contributed by atoms with E-state index in [1.54, 1.807) is 0 Å². The summed E-state index contributed by atoms with van der Waals surface area (Å²) in [4.78, 5) is 0. The predicted octanol–water partition coefficient (Wildman–Crippen LogP) is 3.88. The third kappa shape index (κ3) is 3.01. The summed E-state index contributed by atoms with van der Waals surface area (Å²) >= 11 is 12.3. The van der Waals surface area contributed by atoms with E-state index in [4.69, 9.17) is 23.2 Å². The number of piperidine rings is 1. The molecule has 0 bridgehead atoms. The predicted molar refractivity (Wildman–Crippen MR) is 68.6 cm³/mol. The Hall–Kier alpha value is 0.0500. The van der Waals surface area contributed by atoms with Crippen molar-refractivity contribution in [3.63, 3.8) is 0 Å². The summed E-state index contributed by atoms with van der Waals surface area (Å²) in [6, 6.07) is 5.74. The first-order valence-electron chi connectivity index (χ1n) is 4.93. The van der Waals surface area contributed by atoms with Gasteiger partial charge in [-0.1, -0.05) is 29.3 Å². The first kappa shape index (κ1) is 13.1. The molecule has 0 aromatic heterocycles. The molecule has 15 heavy (non-hydrogen) atoms. The molecule has 1 heterocycles. The molecule has 1 nitrogen and oxygen atoms in total. The van der Waals surface area contributed by atoms with Crippen LogP contribution in [0.4, 0.5) is 0 Å². The van der Waals surface area contributed by atoms with Crippen LogP contribution in [0.1, 0.15) is 24.3 Å². The van der Waals surface area contributed by atoms with Crippen molar-refractivity contribution in [3.8, 4) is 0 Å². The number of rotatable bonds is 1. The van der Waals surface area contributed by atoms with Crippen LogP contribution in [-0.4, -0.2) is 13.1 Å². The van der Waals surface area contributed by atoms with E-state index in [9.17, 15) is 0 Å². The lowest BCUT2D eigenvalue weighted by molar-refractivity contribution is 0.460. The molecule has 0 saturated carbocycles. The van der Waals surface area contributed by atoms with Gasteiger partial charge in [-0.3, -0.25) is 0 Å².